The maximum Gasteiger partial charge on any atom is 0.216 e. The minimum atomic E-state index is 0.210. The Balaban J connectivity index is 1.50. The molecule has 6 heteroatoms. The van der Waals surface area contributed by atoms with Gasteiger partial charge in [-0.2, -0.15) is 4.98 Å². The molecule has 2 aliphatic rings. The minimum absolute atomic E-state index is 0.210. The van der Waals surface area contributed by atoms with Gasteiger partial charge in [0.25, 0.3) is 0 Å². The van der Waals surface area contributed by atoms with E-state index < -0.39 is 0 Å². The Kier molecular flexibility index (Phi) is 3.48. The van der Waals surface area contributed by atoms with Crippen molar-refractivity contribution >= 4 is 17.7 Å². The molecular formula is C12H20N4OS. The fourth-order valence-corrected chi connectivity index (χ4v) is 3.91. The van der Waals surface area contributed by atoms with Gasteiger partial charge in [-0.1, -0.05) is 31.0 Å². The van der Waals surface area contributed by atoms with Crippen molar-refractivity contribution in [3.8, 4) is 0 Å². The third kappa shape index (κ3) is 2.64. The summed E-state index contributed by atoms with van der Waals surface area (Å²) in [7, 11) is 0. The van der Waals surface area contributed by atoms with E-state index in [0.29, 0.717) is 12.1 Å². The number of H-pyrrole nitrogens is 1. The Morgan fingerprint density at radius 3 is 2.89 bits per heavy atom. The number of nitrogen functional groups attached to an aromatic ring is 1. The van der Waals surface area contributed by atoms with Crippen LogP contribution in [0, 0.1) is 0 Å². The summed E-state index contributed by atoms with van der Waals surface area (Å²) in [4.78, 5) is 4.09. The molecule has 1 aromatic rings. The first-order valence-corrected chi connectivity index (χ1v) is 7.73. The Labute approximate surface area is 111 Å². The summed E-state index contributed by atoms with van der Waals surface area (Å²) in [5.74, 6) is 1.31. The van der Waals surface area contributed by atoms with Gasteiger partial charge in [0, 0.05) is 5.75 Å². The molecule has 2 heterocycles. The number of anilines is 1. The second-order valence-electron chi connectivity index (χ2n) is 5.34. The molecule has 0 amide bonds. The second-order valence-corrected chi connectivity index (χ2v) is 6.32. The molecule has 1 saturated carbocycles. The number of nitrogens with one attached hydrogen (secondary N) is 1. The molecule has 0 aromatic carbocycles. The van der Waals surface area contributed by atoms with E-state index in [1.54, 1.807) is 11.8 Å². The SMILES string of the molecule is Nc1nc(SCC2CCC3(CCCCC3)O2)n[nH]1. The van der Waals surface area contributed by atoms with Gasteiger partial charge in [-0.25, -0.2) is 5.10 Å². The van der Waals surface area contributed by atoms with Crippen molar-refractivity contribution in [1.29, 1.82) is 0 Å². The molecule has 1 spiro atoms. The van der Waals surface area contributed by atoms with Gasteiger partial charge in [0.05, 0.1) is 11.7 Å². The highest BCUT2D eigenvalue weighted by molar-refractivity contribution is 7.99. The summed E-state index contributed by atoms with van der Waals surface area (Å²) < 4.78 is 6.30. The van der Waals surface area contributed by atoms with E-state index in [9.17, 15) is 0 Å². The van der Waals surface area contributed by atoms with E-state index in [-0.39, 0.29) is 5.60 Å². The van der Waals surface area contributed by atoms with Gasteiger partial charge in [-0.3, -0.25) is 0 Å². The number of ether oxygens (including phenoxy) is 1. The Morgan fingerprint density at radius 2 is 2.17 bits per heavy atom. The van der Waals surface area contributed by atoms with E-state index in [1.165, 1.54) is 44.9 Å². The Morgan fingerprint density at radius 1 is 1.33 bits per heavy atom. The standard InChI is InChI=1S/C12H20N4OS/c13-10-14-11(16-15-10)18-8-9-4-7-12(17-9)5-2-1-3-6-12/h9H,1-8H2,(H3,13,14,15,16). The van der Waals surface area contributed by atoms with Crippen molar-refractivity contribution in [3.63, 3.8) is 0 Å². The largest absolute Gasteiger partial charge is 0.371 e. The predicted molar refractivity (Wildman–Crippen MR) is 71.4 cm³/mol. The number of hydrogen-bond acceptors (Lipinski definition) is 5. The molecule has 3 rings (SSSR count). The van der Waals surface area contributed by atoms with E-state index in [1.807, 2.05) is 0 Å². The van der Waals surface area contributed by atoms with E-state index in [0.717, 1.165) is 10.9 Å². The van der Waals surface area contributed by atoms with Gasteiger partial charge < -0.3 is 10.5 Å². The quantitative estimate of drug-likeness (QED) is 0.823. The summed E-state index contributed by atoms with van der Waals surface area (Å²) in [5.41, 5.74) is 5.71. The first-order valence-electron chi connectivity index (χ1n) is 6.74. The third-order valence-corrected chi connectivity index (χ3v) is 4.96. The molecule has 100 valence electrons. The molecule has 1 saturated heterocycles. The number of nitrogens with zero attached hydrogens (tertiary/aromatic N) is 2. The van der Waals surface area contributed by atoms with Crippen LogP contribution in [0.3, 0.4) is 0 Å². The molecule has 18 heavy (non-hydrogen) atoms. The topological polar surface area (TPSA) is 76.8 Å². The molecule has 0 bridgehead atoms. The zero-order valence-electron chi connectivity index (χ0n) is 10.5. The van der Waals surface area contributed by atoms with Crippen molar-refractivity contribution in [2.24, 2.45) is 0 Å². The lowest BCUT2D eigenvalue weighted by Crippen LogP contribution is -2.32. The fraction of sp³-hybridized carbons (Fsp3) is 0.833. The number of rotatable bonds is 3. The van der Waals surface area contributed by atoms with Gasteiger partial charge >= 0.3 is 0 Å². The van der Waals surface area contributed by atoms with Crippen LogP contribution >= 0.6 is 11.8 Å². The molecule has 1 unspecified atom stereocenters. The van der Waals surface area contributed by atoms with Crippen molar-refractivity contribution in [2.45, 2.75) is 61.8 Å². The van der Waals surface area contributed by atoms with Gasteiger partial charge in [0.2, 0.25) is 11.1 Å². The highest BCUT2D eigenvalue weighted by atomic mass is 32.2. The smallest absolute Gasteiger partial charge is 0.216 e. The molecule has 1 atom stereocenters. The summed E-state index contributed by atoms with van der Waals surface area (Å²) in [6, 6.07) is 0. The predicted octanol–water partition coefficient (Wildman–Crippen LogP) is 2.36. The van der Waals surface area contributed by atoms with Crippen LogP contribution in [-0.2, 0) is 4.74 Å². The molecule has 1 aliphatic heterocycles. The van der Waals surface area contributed by atoms with Crippen LogP contribution in [0.5, 0.6) is 0 Å². The normalized spacial score (nSPS) is 26.8. The van der Waals surface area contributed by atoms with Crippen LogP contribution in [0.25, 0.3) is 0 Å². The number of thioether (sulfide) groups is 1. The van der Waals surface area contributed by atoms with Gasteiger partial charge in [0.15, 0.2) is 0 Å². The van der Waals surface area contributed by atoms with Crippen LogP contribution < -0.4 is 5.73 Å². The lowest BCUT2D eigenvalue weighted by molar-refractivity contribution is -0.0555. The zero-order chi connectivity index (χ0) is 12.4. The van der Waals surface area contributed by atoms with E-state index in [2.05, 4.69) is 15.2 Å². The molecule has 1 aliphatic carbocycles. The highest BCUT2D eigenvalue weighted by Crippen LogP contribution is 2.42. The van der Waals surface area contributed by atoms with Crippen molar-refractivity contribution < 1.29 is 4.74 Å². The van der Waals surface area contributed by atoms with Crippen LogP contribution in [-0.4, -0.2) is 32.6 Å². The first-order chi connectivity index (χ1) is 8.76. The summed E-state index contributed by atoms with van der Waals surface area (Å²) >= 11 is 1.63. The number of hydrogen-bond donors (Lipinski definition) is 2. The third-order valence-electron chi connectivity index (χ3n) is 3.98. The van der Waals surface area contributed by atoms with E-state index in [4.69, 9.17) is 10.5 Å². The maximum atomic E-state index is 6.30. The molecule has 0 radical (unpaired) electrons. The molecule has 2 fully saturated rings. The van der Waals surface area contributed by atoms with Crippen LogP contribution in [0.1, 0.15) is 44.9 Å². The fourth-order valence-electron chi connectivity index (χ4n) is 3.07. The average Bonchev–Trinajstić information content (AvgIpc) is 2.96. The lowest BCUT2D eigenvalue weighted by Gasteiger charge is -2.33. The molecule has 3 N–H and O–H groups in total. The summed E-state index contributed by atoms with van der Waals surface area (Å²) in [5, 5.41) is 7.41. The average molecular weight is 268 g/mol. The minimum Gasteiger partial charge on any atom is -0.371 e. The lowest BCUT2D eigenvalue weighted by atomic mass is 9.83. The number of nitrogens with two attached hydrogens (primary N) is 1. The van der Waals surface area contributed by atoms with E-state index >= 15 is 0 Å². The Hall–Kier alpha value is -0.750. The van der Waals surface area contributed by atoms with Crippen LogP contribution in [0.4, 0.5) is 5.95 Å². The van der Waals surface area contributed by atoms with Crippen molar-refractivity contribution in [3.05, 3.63) is 0 Å². The molecule has 1 aromatic heterocycles. The first kappa shape index (κ1) is 12.3. The molecule has 5 nitrogen and oxygen atoms in total. The summed E-state index contributed by atoms with van der Waals surface area (Å²) in [6.07, 6.45) is 9.30. The van der Waals surface area contributed by atoms with Gasteiger partial charge in [-0.05, 0) is 25.7 Å². The van der Waals surface area contributed by atoms with Gasteiger partial charge in [0.1, 0.15) is 0 Å². The zero-order valence-corrected chi connectivity index (χ0v) is 11.3. The van der Waals surface area contributed by atoms with Crippen molar-refractivity contribution in [1.82, 2.24) is 15.2 Å². The highest BCUT2D eigenvalue weighted by Gasteiger charge is 2.40. The van der Waals surface area contributed by atoms with Crippen LogP contribution in [0.2, 0.25) is 0 Å². The maximum absolute atomic E-state index is 6.30. The summed E-state index contributed by atoms with van der Waals surface area (Å²) in [6.45, 7) is 0. The second kappa shape index (κ2) is 5.09. The van der Waals surface area contributed by atoms with Crippen molar-refractivity contribution in [2.75, 3.05) is 11.5 Å². The molecular weight excluding hydrogens is 248 g/mol. The monoisotopic (exact) mass is 268 g/mol. The Bertz CT molecular complexity index is 403. The van der Waals surface area contributed by atoms with Crippen LogP contribution in [0.15, 0.2) is 5.16 Å². The number of aromatic nitrogens is 3. The van der Waals surface area contributed by atoms with Gasteiger partial charge in [-0.15, -0.1) is 5.10 Å². The number of aromatic amines is 1.